The summed E-state index contributed by atoms with van der Waals surface area (Å²) in [4.78, 5) is 45.2. The molecule has 2 aromatic rings. The minimum atomic E-state index is -1.02. The first-order chi connectivity index (χ1) is 17.7. The van der Waals surface area contributed by atoms with Crippen molar-refractivity contribution in [2.24, 2.45) is 0 Å². The maximum Gasteiger partial charge on any atom is 0.256 e. The average Bonchev–Trinajstić information content (AvgIpc) is 3.27. The minimum absolute atomic E-state index is 0.0627. The Kier molecular flexibility index (Phi) is 8.24. The summed E-state index contributed by atoms with van der Waals surface area (Å²) in [7, 11) is 3.83. The van der Waals surface area contributed by atoms with Crippen LogP contribution in [0, 0.1) is 5.82 Å². The van der Waals surface area contributed by atoms with E-state index in [1.807, 2.05) is 43.3 Å². The van der Waals surface area contributed by atoms with Crippen LogP contribution in [0.25, 0.3) is 0 Å². The number of piperidine rings is 1. The van der Waals surface area contributed by atoms with E-state index in [1.165, 1.54) is 34.7 Å². The molecule has 1 unspecified atom stereocenters. The van der Waals surface area contributed by atoms with Crippen LogP contribution in [0.15, 0.2) is 48.5 Å². The zero-order valence-electron chi connectivity index (χ0n) is 21.7. The minimum Gasteiger partial charge on any atom is -0.353 e. The lowest BCUT2D eigenvalue weighted by atomic mass is 9.96. The van der Waals surface area contributed by atoms with Gasteiger partial charge >= 0.3 is 0 Å². The molecule has 1 N–H and O–H groups in total. The lowest BCUT2D eigenvalue weighted by Crippen LogP contribution is -2.60. The van der Waals surface area contributed by atoms with Crippen LogP contribution < -0.4 is 5.32 Å². The van der Waals surface area contributed by atoms with Crippen molar-refractivity contribution in [3.63, 3.8) is 0 Å². The molecule has 0 aromatic heterocycles. The molecular formula is C28H35FN4O4. The Morgan fingerprint density at radius 2 is 1.59 bits per heavy atom. The van der Waals surface area contributed by atoms with Crippen molar-refractivity contribution in [1.82, 2.24) is 20.0 Å². The molecule has 8 nitrogen and oxygen atoms in total. The Bertz CT molecular complexity index is 1110. The number of likely N-dealkylation sites (N-methyl/N-ethyl adjacent to an activating group) is 1. The van der Waals surface area contributed by atoms with Crippen LogP contribution in [0.3, 0.4) is 0 Å². The summed E-state index contributed by atoms with van der Waals surface area (Å²) in [5.74, 6) is -1.19. The van der Waals surface area contributed by atoms with Gasteiger partial charge in [-0.3, -0.25) is 19.3 Å². The maximum atomic E-state index is 13.7. The van der Waals surface area contributed by atoms with Crippen molar-refractivity contribution in [3.05, 3.63) is 71.0 Å². The fourth-order valence-corrected chi connectivity index (χ4v) is 4.94. The largest absolute Gasteiger partial charge is 0.353 e. The van der Waals surface area contributed by atoms with Crippen molar-refractivity contribution in [3.8, 4) is 0 Å². The molecule has 2 aliphatic heterocycles. The van der Waals surface area contributed by atoms with Gasteiger partial charge in [-0.1, -0.05) is 19.1 Å². The Morgan fingerprint density at radius 1 is 1.00 bits per heavy atom. The fourth-order valence-electron chi connectivity index (χ4n) is 4.94. The van der Waals surface area contributed by atoms with Gasteiger partial charge in [0.25, 0.3) is 11.8 Å². The number of nitrogens with zero attached hydrogens (tertiary/aromatic N) is 3. The van der Waals surface area contributed by atoms with Crippen molar-refractivity contribution < 1.29 is 23.5 Å². The lowest BCUT2D eigenvalue weighted by Gasteiger charge is -2.44. The van der Waals surface area contributed by atoms with E-state index < -0.39 is 17.6 Å². The Morgan fingerprint density at radius 3 is 2.19 bits per heavy atom. The van der Waals surface area contributed by atoms with Crippen LogP contribution in [0.4, 0.5) is 4.39 Å². The molecule has 4 rings (SSSR count). The molecule has 2 fully saturated rings. The molecule has 0 radical (unpaired) electrons. The third-order valence-electron chi connectivity index (χ3n) is 7.17. The van der Waals surface area contributed by atoms with E-state index >= 15 is 0 Å². The standard InChI is InChI=1S/C28H35FN4O4/c1-4-20-5-7-21(8-6-20)26(35)32-16-13-28(14-17-32)33(27(36)22-9-11-23(29)12-10-22)24(19-37-28)25(34)30-15-18-31(2)3/h5-12,24H,4,13-19H2,1-3H3,(H,30,34). The first kappa shape index (κ1) is 26.8. The topological polar surface area (TPSA) is 82.2 Å². The van der Waals surface area contributed by atoms with Crippen LogP contribution in [-0.2, 0) is 16.0 Å². The van der Waals surface area contributed by atoms with Gasteiger partial charge in [0.05, 0.1) is 6.61 Å². The van der Waals surface area contributed by atoms with Gasteiger partial charge in [-0.25, -0.2) is 4.39 Å². The molecule has 9 heteroatoms. The molecule has 198 valence electrons. The molecule has 1 spiro atoms. The number of carbonyl (C=O) groups excluding carboxylic acids is 3. The van der Waals surface area contributed by atoms with Crippen molar-refractivity contribution >= 4 is 17.7 Å². The van der Waals surface area contributed by atoms with E-state index in [0.29, 0.717) is 44.6 Å². The van der Waals surface area contributed by atoms with Gasteiger partial charge in [-0.05, 0) is 62.5 Å². The van der Waals surface area contributed by atoms with Crippen LogP contribution in [0.1, 0.15) is 46.0 Å². The highest BCUT2D eigenvalue weighted by Crippen LogP contribution is 2.38. The van der Waals surface area contributed by atoms with E-state index in [-0.39, 0.29) is 29.9 Å². The van der Waals surface area contributed by atoms with E-state index in [9.17, 15) is 18.8 Å². The molecule has 37 heavy (non-hydrogen) atoms. The third-order valence-corrected chi connectivity index (χ3v) is 7.17. The van der Waals surface area contributed by atoms with Gasteiger partial charge in [-0.15, -0.1) is 0 Å². The van der Waals surface area contributed by atoms with Crippen LogP contribution in [0.5, 0.6) is 0 Å². The number of carbonyl (C=O) groups is 3. The van der Waals surface area contributed by atoms with Crippen molar-refractivity contribution in [2.75, 3.05) is 46.9 Å². The second-order valence-corrected chi connectivity index (χ2v) is 9.89. The summed E-state index contributed by atoms with van der Waals surface area (Å²) >= 11 is 0. The third kappa shape index (κ3) is 5.83. The Hall–Kier alpha value is -3.30. The number of halogens is 1. The molecule has 0 saturated carbocycles. The summed E-state index contributed by atoms with van der Waals surface area (Å²) in [6.45, 7) is 4.00. The predicted molar refractivity (Wildman–Crippen MR) is 138 cm³/mol. The van der Waals surface area contributed by atoms with Crippen molar-refractivity contribution in [2.45, 2.75) is 38.0 Å². The van der Waals surface area contributed by atoms with Gasteiger partial charge in [0.1, 0.15) is 17.6 Å². The van der Waals surface area contributed by atoms with Crippen LogP contribution >= 0.6 is 0 Å². The number of amides is 3. The molecule has 3 amide bonds. The Balaban J connectivity index is 1.52. The molecule has 2 aliphatic rings. The Labute approximate surface area is 217 Å². The highest BCUT2D eigenvalue weighted by atomic mass is 19.1. The van der Waals surface area contributed by atoms with Crippen LogP contribution in [0.2, 0.25) is 0 Å². The van der Waals surface area contributed by atoms with Gasteiger partial charge < -0.3 is 19.9 Å². The highest BCUT2D eigenvalue weighted by Gasteiger charge is 2.54. The zero-order chi connectivity index (χ0) is 26.6. The molecule has 0 aliphatic carbocycles. The molecule has 2 saturated heterocycles. The normalized spacial score (nSPS) is 18.9. The number of aryl methyl sites for hydroxylation is 1. The zero-order valence-corrected chi connectivity index (χ0v) is 21.7. The lowest BCUT2D eigenvalue weighted by molar-refractivity contribution is -0.128. The second kappa shape index (κ2) is 11.4. The van der Waals surface area contributed by atoms with Crippen LogP contribution in [-0.4, -0.2) is 91.1 Å². The average molecular weight is 511 g/mol. The summed E-state index contributed by atoms with van der Waals surface area (Å²) in [6, 6.07) is 12.1. The van der Waals surface area contributed by atoms with E-state index in [4.69, 9.17) is 4.74 Å². The summed E-state index contributed by atoms with van der Waals surface area (Å²) in [5, 5.41) is 2.90. The van der Waals surface area contributed by atoms with Gasteiger partial charge in [0.15, 0.2) is 0 Å². The number of nitrogens with one attached hydrogen (secondary N) is 1. The number of benzene rings is 2. The number of rotatable bonds is 7. The molecular weight excluding hydrogens is 475 g/mol. The molecule has 2 heterocycles. The number of hydrogen-bond acceptors (Lipinski definition) is 5. The van der Waals surface area contributed by atoms with Gasteiger partial charge in [0.2, 0.25) is 5.91 Å². The number of hydrogen-bond donors (Lipinski definition) is 1. The number of ether oxygens (including phenoxy) is 1. The molecule has 2 aromatic carbocycles. The van der Waals surface area contributed by atoms with Crippen molar-refractivity contribution in [1.29, 1.82) is 0 Å². The summed E-state index contributed by atoms with van der Waals surface area (Å²) < 4.78 is 19.7. The van der Waals surface area contributed by atoms with E-state index in [2.05, 4.69) is 12.2 Å². The predicted octanol–water partition coefficient (Wildman–Crippen LogP) is 2.54. The van der Waals surface area contributed by atoms with Gasteiger partial charge in [-0.2, -0.15) is 0 Å². The maximum absolute atomic E-state index is 13.7. The van der Waals surface area contributed by atoms with E-state index in [0.717, 1.165) is 6.42 Å². The second-order valence-electron chi connectivity index (χ2n) is 9.89. The molecule has 0 bridgehead atoms. The monoisotopic (exact) mass is 510 g/mol. The first-order valence-corrected chi connectivity index (χ1v) is 12.8. The SMILES string of the molecule is CCc1ccc(C(=O)N2CCC3(CC2)OCC(C(=O)NCCN(C)C)N3C(=O)c2ccc(F)cc2)cc1. The smallest absolute Gasteiger partial charge is 0.256 e. The molecule has 1 atom stereocenters. The summed E-state index contributed by atoms with van der Waals surface area (Å²) in [6.07, 6.45) is 1.65. The first-order valence-electron chi connectivity index (χ1n) is 12.8. The summed E-state index contributed by atoms with van der Waals surface area (Å²) in [5.41, 5.74) is 1.06. The quantitative estimate of drug-likeness (QED) is 0.619. The van der Waals surface area contributed by atoms with E-state index in [1.54, 1.807) is 4.90 Å². The van der Waals surface area contributed by atoms with Gasteiger partial charge in [0, 0.05) is 50.1 Å². The highest BCUT2D eigenvalue weighted by molar-refractivity contribution is 5.98. The number of likely N-dealkylation sites (tertiary alicyclic amines) is 1. The fraction of sp³-hybridized carbons (Fsp3) is 0.464.